The Hall–Kier alpha value is -0.500. The highest BCUT2D eigenvalue weighted by atomic mass is 32.2. The van der Waals surface area contributed by atoms with Crippen molar-refractivity contribution < 1.29 is 9.90 Å². The molecule has 18 heavy (non-hydrogen) atoms. The molecule has 3 unspecified atom stereocenters. The Balaban J connectivity index is 1.98. The summed E-state index contributed by atoms with van der Waals surface area (Å²) in [7, 11) is 1.72. The van der Waals surface area contributed by atoms with Gasteiger partial charge < -0.3 is 10.0 Å². The number of β-amino-alcohol motifs (C(OH)–C–C–N with tert-alkyl or cyclic N) is 1. The Labute approximate surface area is 112 Å². The normalized spacial score (nSPS) is 32.9. The number of carbonyl (C=O) groups is 1. The predicted molar refractivity (Wildman–Crippen MR) is 72.0 cm³/mol. The summed E-state index contributed by atoms with van der Waals surface area (Å²) in [5, 5.41) is 13.6. The van der Waals surface area contributed by atoms with E-state index in [0.717, 1.165) is 19.6 Å². The zero-order chi connectivity index (χ0) is 13.3. The summed E-state index contributed by atoms with van der Waals surface area (Å²) in [6.07, 6.45) is -0.706. The number of hydrogen-bond donors (Lipinski definition) is 2. The molecule has 0 bridgehead atoms. The zero-order valence-corrected chi connectivity index (χ0v) is 12.0. The molecule has 0 spiro atoms. The summed E-state index contributed by atoms with van der Waals surface area (Å²) in [5.74, 6) is 0. The van der Waals surface area contributed by atoms with Crippen LogP contribution in [0.5, 0.6) is 0 Å². The molecular weight excluding hydrogens is 252 g/mol. The number of aliphatic hydroxyl groups excluding tert-OH is 1. The lowest BCUT2D eigenvalue weighted by atomic mass is 10.4. The molecule has 104 valence electrons. The maximum absolute atomic E-state index is 11.9. The first-order chi connectivity index (χ1) is 8.58. The number of nitrogens with one attached hydrogen (secondary N) is 1. The summed E-state index contributed by atoms with van der Waals surface area (Å²) >= 11 is 1.71. The second-order valence-corrected chi connectivity index (χ2v) is 5.89. The van der Waals surface area contributed by atoms with Gasteiger partial charge in [0.2, 0.25) is 0 Å². The summed E-state index contributed by atoms with van der Waals surface area (Å²) in [5.41, 5.74) is -0.122. The van der Waals surface area contributed by atoms with Gasteiger partial charge in [0.15, 0.2) is 6.23 Å². The van der Waals surface area contributed by atoms with Gasteiger partial charge in [0, 0.05) is 13.6 Å². The zero-order valence-electron chi connectivity index (χ0n) is 11.2. The Bertz CT molecular complexity index is 313. The van der Waals surface area contributed by atoms with E-state index in [9.17, 15) is 9.90 Å². The van der Waals surface area contributed by atoms with Crippen molar-refractivity contribution in [1.29, 1.82) is 0 Å². The molecule has 2 rings (SSSR count). The minimum Gasteiger partial charge on any atom is -0.371 e. The van der Waals surface area contributed by atoms with Crippen LogP contribution < -0.4 is 5.32 Å². The second-order valence-electron chi connectivity index (χ2n) is 4.62. The van der Waals surface area contributed by atoms with E-state index in [2.05, 4.69) is 24.1 Å². The number of hydrogen-bond acceptors (Lipinski definition) is 5. The second kappa shape index (κ2) is 5.64. The molecule has 0 aromatic carbocycles. The number of carbonyl (C=O) groups excluding carboxylic acids is 1. The van der Waals surface area contributed by atoms with Crippen molar-refractivity contribution in [1.82, 2.24) is 20.0 Å². The van der Waals surface area contributed by atoms with E-state index in [1.165, 1.54) is 4.90 Å². The number of likely N-dealkylation sites (N-methyl/N-ethyl adjacent to an activating group) is 2. The van der Waals surface area contributed by atoms with Gasteiger partial charge in [0.25, 0.3) is 0 Å². The van der Waals surface area contributed by atoms with Gasteiger partial charge >= 0.3 is 6.03 Å². The molecule has 2 heterocycles. The van der Waals surface area contributed by atoms with Gasteiger partial charge in [-0.25, -0.2) is 4.79 Å². The highest BCUT2D eigenvalue weighted by molar-refractivity contribution is 8.00. The predicted octanol–water partition coefficient (Wildman–Crippen LogP) is -0.0399. The van der Waals surface area contributed by atoms with Crippen molar-refractivity contribution in [3.63, 3.8) is 0 Å². The van der Waals surface area contributed by atoms with Gasteiger partial charge in [-0.1, -0.05) is 13.8 Å². The first kappa shape index (κ1) is 13.9. The lowest BCUT2D eigenvalue weighted by Crippen LogP contribution is -2.46. The Morgan fingerprint density at radius 2 is 2.17 bits per heavy atom. The van der Waals surface area contributed by atoms with Gasteiger partial charge in [-0.2, -0.15) is 0 Å². The molecule has 0 aromatic rings. The van der Waals surface area contributed by atoms with Crippen LogP contribution in [-0.4, -0.2) is 76.2 Å². The van der Waals surface area contributed by atoms with Crippen LogP contribution in [0.1, 0.15) is 13.8 Å². The summed E-state index contributed by atoms with van der Waals surface area (Å²) in [6.45, 7) is 7.50. The fourth-order valence-electron chi connectivity index (χ4n) is 2.45. The Kier molecular flexibility index (Phi) is 4.37. The van der Waals surface area contributed by atoms with E-state index in [1.54, 1.807) is 23.7 Å². The average Bonchev–Trinajstić information content (AvgIpc) is 2.88. The largest absolute Gasteiger partial charge is 0.371 e. The van der Waals surface area contributed by atoms with Gasteiger partial charge in [-0.15, -0.1) is 11.8 Å². The molecule has 2 aliphatic heterocycles. The van der Waals surface area contributed by atoms with Crippen molar-refractivity contribution in [3.05, 3.63) is 0 Å². The van der Waals surface area contributed by atoms with Crippen LogP contribution in [0.25, 0.3) is 0 Å². The van der Waals surface area contributed by atoms with E-state index in [1.807, 2.05) is 0 Å². The highest BCUT2D eigenvalue weighted by Crippen LogP contribution is 2.31. The third-order valence-electron chi connectivity index (χ3n) is 3.53. The summed E-state index contributed by atoms with van der Waals surface area (Å²) < 4.78 is 0. The number of aliphatic hydroxyl groups is 1. The van der Waals surface area contributed by atoms with Crippen LogP contribution in [0, 0.1) is 0 Å². The number of nitrogens with zero attached hydrogens (tertiary/aromatic N) is 3. The van der Waals surface area contributed by atoms with Crippen molar-refractivity contribution in [3.8, 4) is 0 Å². The molecule has 3 atom stereocenters. The molecule has 2 N–H and O–H groups in total. The van der Waals surface area contributed by atoms with Gasteiger partial charge in [-0.3, -0.25) is 15.1 Å². The lowest BCUT2D eigenvalue weighted by molar-refractivity contribution is 0.0521. The molecular formula is C11H22N4O2S. The molecule has 0 saturated carbocycles. The monoisotopic (exact) mass is 274 g/mol. The van der Waals surface area contributed by atoms with Crippen LogP contribution >= 0.6 is 11.8 Å². The molecule has 2 aliphatic rings. The van der Waals surface area contributed by atoms with Crippen molar-refractivity contribution in [2.45, 2.75) is 30.9 Å². The van der Waals surface area contributed by atoms with Crippen LogP contribution in [-0.2, 0) is 0 Å². The SMILES string of the molecule is CCN(CC)C1CNC(N2C(=O)N(C)CC2O)S1. The topological polar surface area (TPSA) is 59.0 Å². The number of urea groups is 1. The van der Waals surface area contributed by atoms with Gasteiger partial charge in [0.1, 0.15) is 5.50 Å². The molecule has 0 aromatic heterocycles. The van der Waals surface area contributed by atoms with Crippen molar-refractivity contribution in [2.24, 2.45) is 0 Å². The minimum atomic E-state index is -0.706. The molecule has 6 nitrogen and oxygen atoms in total. The van der Waals surface area contributed by atoms with Gasteiger partial charge in [0.05, 0.1) is 11.9 Å². The Morgan fingerprint density at radius 1 is 1.50 bits per heavy atom. The maximum Gasteiger partial charge on any atom is 0.323 e. The van der Waals surface area contributed by atoms with E-state index in [-0.39, 0.29) is 11.5 Å². The van der Waals surface area contributed by atoms with E-state index >= 15 is 0 Å². The number of amides is 2. The lowest BCUT2D eigenvalue weighted by Gasteiger charge is -2.28. The molecule has 2 saturated heterocycles. The summed E-state index contributed by atoms with van der Waals surface area (Å²) in [4.78, 5) is 17.4. The molecule has 0 radical (unpaired) electrons. The van der Waals surface area contributed by atoms with E-state index in [4.69, 9.17) is 0 Å². The summed E-state index contributed by atoms with van der Waals surface area (Å²) in [6, 6.07) is -0.104. The van der Waals surface area contributed by atoms with Gasteiger partial charge in [-0.05, 0) is 13.1 Å². The quantitative estimate of drug-likeness (QED) is 0.753. The fraction of sp³-hybridized carbons (Fsp3) is 0.909. The molecule has 0 aliphatic carbocycles. The number of rotatable bonds is 4. The average molecular weight is 274 g/mol. The minimum absolute atomic E-state index is 0.104. The maximum atomic E-state index is 11.9. The molecule has 2 amide bonds. The first-order valence-corrected chi connectivity index (χ1v) is 7.37. The van der Waals surface area contributed by atoms with Crippen molar-refractivity contribution >= 4 is 17.8 Å². The standard InChI is InChI=1S/C11H22N4O2S/c1-4-14(5-2)9-6-12-10(18-9)15-8(16)7-13(3)11(15)17/h8-10,12,16H,4-7H2,1-3H3. The van der Waals surface area contributed by atoms with Crippen LogP contribution in [0.3, 0.4) is 0 Å². The number of thioether (sulfide) groups is 1. The van der Waals surface area contributed by atoms with Crippen LogP contribution in [0.15, 0.2) is 0 Å². The molecule has 7 heteroatoms. The first-order valence-electron chi connectivity index (χ1n) is 6.42. The van der Waals surface area contributed by atoms with Crippen molar-refractivity contribution in [2.75, 3.05) is 33.2 Å². The van der Waals surface area contributed by atoms with Crippen LogP contribution in [0.4, 0.5) is 4.79 Å². The Morgan fingerprint density at radius 3 is 2.67 bits per heavy atom. The van der Waals surface area contributed by atoms with E-state index in [0.29, 0.717) is 11.9 Å². The fourth-order valence-corrected chi connectivity index (χ4v) is 3.96. The smallest absolute Gasteiger partial charge is 0.323 e. The third kappa shape index (κ3) is 2.45. The third-order valence-corrected chi connectivity index (χ3v) is 4.96. The van der Waals surface area contributed by atoms with E-state index < -0.39 is 6.23 Å². The van der Waals surface area contributed by atoms with Crippen LogP contribution in [0.2, 0.25) is 0 Å². The molecule has 2 fully saturated rings. The highest BCUT2D eigenvalue weighted by Gasteiger charge is 2.42.